The molecule has 0 spiro atoms. The normalized spacial score (nSPS) is 22.4. The van der Waals surface area contributed by atoms with Gasteiger partial charge in [0.05, 0.1) is 0 Å². The average molecular weight is 351 g/mol. The number of piperidine rings is 2. The summed E-state index contributed by atoms with van der Waals surface area (Å²) >= 11 is 0. The highest BCUT2D eigenvalue weighted by Gasteiger charge is 2.37. The topological polar surface area (TPSA) is 15.3 Å². The first-order chi connectivity index (χ1) is 11.8. The molecule has 2 aliphatic rings. The smallest absolute Gasteiger partial charge is 0.00161 e. The van der Waals surface area contributed by atoms with Crippen molar-refractivity contribution in [2.24, 2.45) is 22.7 Å². The van der Waals surface area contributed by atoms with E-state index in [9.17, 15) is 0 Å². The monoisotopic (exact) mass is 350 g/mol. The molecule has 0 aromatic heterocycles. The van der Waals surface area contributed by atoms with E-state index in [0.717, 1.165) is 11.8 Å². The van der Waals surface area contributed by atoms with Crippen molar-refractivity contribution < 1.29 is 0 Å². The molecule has 0 atom stereocenters. The van der Waals surface area contributed by atoms with Crippen LogP contribution < -0.4 is 5.32 Å². The van der Waals surface area contributed by atoms with Crippen molar-refractivity contribution in [3.8, 4) is 0 Å². The molecule has 2 nitrogen and oxygen atoms in total. The molecular weight excluding hydrogens is 304 g/mol. The lowest BCUT2D eigenvalue weighted by molar-refractivity contribution is 0.0699. The molecular formula is C23H46N2. The van der Waals surface area contributed by atoms with Crippen LogP contribution in [-0.4, -0.2) is 37.6 Å². The predicted molar refractivity (Wildman–Crippen MR) is 111 cm³/mol. The zero-order chi connectivity index (χ0) is 18.3. The Balaban J connectivity index is 1.75. The zero-order valence-corrected chi connectivity index (χ0v) is 18.0. The molecule has 0 amide bonds. The van der Waals surface area contributed by atoms with Crippen LogP contribution in [-0.2, 0) is 0 Å². The number of unbranched alkanes of at least 4 members (excludes halogenated alkanes) is 2. The summed E-state index contributed by atoms with van der Waals surface area (Å²) in [5.41, 5.74) is 0.982. The lowest BCUT2D eigenvalue weighted by Crippen LogP contribution is -2.39. The van der Waals surface area contributed by atoms with E-state index >= 15 is 0 Å². The van der Waals surface area contributed by atoms with E-state index in [1.54, 1.807) is 0 Å². The summed E-state index contributed by atoms with van der Waals surface area (Å²) in [4.78, 5) is 2.72. The van der Waals surface area contributed by atoms with E-state index in [1.807, 2.05) is 0 Å². The molecule has 148 valence electrons. The minimum Gasteiger partial charge on any atom is -0.317 e. The van der Waals surface area contributed by atoms with Crippen LogP contribution in [0.5, 0.6) is 0 Å². The van der Waals surface area contributed by atoms with E-state index in [0.29, 0.717) is 10.8 Å². The zero-order valence-electron chi connectivity index (χ0n) is 18.0. The van der Waals surface area contributed by atoms with Crippen molar-refractivity contribution in [2.75, 3.05) is 32.7 Å². The average Bonchev–Trinajstić information content (AvgIpc) is 2.56. The number of likely N-dealkylation sites (tertiary alicyclic amines) is 1. The Bertz CT molecular complexity index is 360. The van der Waals surface area contributed by atoms with Crippen molar-refractivity contribution in [3.05, 3.63) is 0 Å². The summed E-state index contributed by atoms with van der Waals surface area (Å²) in [6.45, 7) is 19.0. The van der Waals surface area contributed by atoms with Crippen LogP contribution in [0, 0.1) is 22.7 Å². The number of rotatable bonds is 9. The fourth-order valence-corrected chi connectivity index (χ4v) is 5.83. The third-order valence-corrected chi connectivity index (χ3v) is 7.00. The van der Waals surface area contributed by atoms with Crippen molar-refractivity contribution in [1.82, 2.24) is 10.2 Å². The largest absolute Gasteiger partial charge is 0.317 e. The first-order valence-electron chi connectivity index (χ1n) is 11.3. The lowest BCUT2D eigenvalue weighted by Gasteiger charge is -2.44. The van der Waals surface area contributed by atoms with E-state index in [1.165, 1.54) is 90.5 Å². The molecule has 0 saturated carbocycles. The highest BCUT2D eigenvalue weighted by atomic mass is 15.1. The van der Waals surface area contributed by atoms with Gasteiger partial charge in [-0.1, -0.05) is 47.5 Å². The van der Waals surface area contributed by atoms with Crippen molar-refractivity contribution in [2.45, 2.75) is 92.4 Å². The van der Waals surface area contributed by atoms with Crippen molar-refractivity contribution in [1.29, 1.82) is 0 Å². The fourth-order valence-electron chi connectivity index (χ4n) is 5.83. The second-order valence-electron chi connectivity index (χ2n) is 10.6. The molecule has 0 radical (unpaired) electrons. The first-order valence-corrected chi connectivity index (χ1v) is 11.3. The molecule has 1 N–H and O–H groups in total. The Morgan fingerprint density at radius 2 is 1.56 bits per heavy atom. The maximum atomic E-state index is 3.53. The van der Waals surface area contributed by atoms with Gasteiger partial charge in [-0.3, -0.25) is 0 Å². The van der Waals surface area contributed by atoms with Gasteiger partial charge >= 0.3 is 0 Å². The van der Waals surface area contributed by atoms with Gasteiger partial charge in [0.25, 0.3) is 0 Å². The Morgan fingerprint density at radius 1 is 0.920 bits per heavy atom. The van der Waals surface area contributed by atoms with Gasteiger partial charge in [-0.05, 0) is 100 Å². The lowest BCUT2D eigenvalue weighted by atomic mass is 9.63. The van der Waals surface area contributed by atoms with Crippen LogP contribution in [0.1, 0.15) is 92.4 Å². The van der Waals surface area contributed by atoms with Crippen LogP contribution in [0.4, 0.5) is 0 Å². The van der Waals surface area contributed by atoms with E-state index < -0.39 is 0 Å². The number of nitrogens with zero attached hydrogens (tertiary/aromatic N) is 1. The molecule has 25 heavy (non-hydrogen) atoms. The van der Waals surface area contributed by atoms with E-state index in [2.05, 4.69) is 44.8 Å². The maximum Gasteiger partial charge on any atom is -0.00161 e. The molecule has 0 unspecified atom stereocenters. The summed E-state index contributed by atoms with van der Waals surface area (Å²) in [7, 11) is 0. The fraction of sp³-hybridized carbons (Fsp3) is 1.00. The van der Waals surface area contributed by atoms with Gasteiger partial charge in [-0.2, -0.15) is 0 Å². The molecule has 0 aromatic carbocycles. The molecule has 2 rings (SSSR count). The number of nitrogens with one attached hydrogen (secondary N) is 1. The van der Waals surface area contributed by atoms with Crippen LogP contribution in [0.25, 0.3) is 0 Å². The Kier molecular flexibility index (Phi) is 8.27. The SMILES string of the molecule is CCCCCN1CCC(CC(C)(C)CC(C)(C)C2CCNCC2)CC1. The predicted octanol–water partition coefficient (Wildman–Crippen LogP) is 5.72. The maximum absolute atomic E-state index is 3.53. The molecule has 0 bridgehead atoms. The first kappa shape index (κ1) is 21.2. The van der Waals surface area contributed by atoms with E-state index in [4.69, 9.17) is 0 Å². The van der Waals surface area contributed by atoms with Gasteiger partial charge in [-0.25, -0.2) is 0 Å². The summed E-state index contributed by atoms with van der Waals surface area (Å²) in [6, 6.07) is 0. The Morgan fingerprint density at radius 3 is 2.16 bits per heavy atom. The van der Waals surface area contributed by atoms with Gasteiger partial charge in [-0.15, -0.1) is 0 Å². The standard InChI is InChI=1S/C23H46N2/c1-6-7-8-15-25-16-11-20(12-17-25)18-22(2,3)19-23(4,5)21-9-13-24-14-10-21/h20-21,24H,6-19H2,1-5H3. The van der Waals surface area contributed by atoms with Gasteiger partial charge in [0.1, 0.15) is 0 Å². The third kappa shape index (κ3) is 7.21. The van der Waals surface area contributed by atoms with Crippen LogP contribution in [0.15, 0.2) is 0 Å². The van der Waals surface area contributed by atoms with Crippen molar-refractivity contribution >= 4 is 0 Å². The number of hydrogen-bond acceptors (Lipinski definition) is 2. The van der Waals surface area contributed by atoms with Gasteiger partial charge in [0.2, 0.25) is 0 Å². The van der Waals surface area contributed by atoms with Crippen LogP contribution in [0.2, 0.25) is 0 Å². The Hall–Kier alpha value is -0.0800. The highest BCUT2D eigenvalue weighted by molar-refractivity contribution is 4.88. The minimum absolute atomic E-state index is 0.490. The molecule has 2 heteroatoms. The quantitative estimate of drug-likeness (QED) is 0.535. The Labute approximate surface area is 158 Å². The molecule has 2 aliphatic heterocycles. The summed E-state index contributed by atoms with van der Waals surface area (Å²) < 4.78 is 0. The summed E-state index contributed by atoms with van der Waals surface area (Å²) in [6.07, 6.45) is 12.6. The van der Waals surface area contributed by atoms with Crippen LogP contribution >= 0.6 is 0 Å². The molecule has 0 aliphatic carbocycles. The molecule has 0 aromatic rings. The van der Waals surface area contributed by atoms with Gasteiger partial charge in [0, 0.05) is 0 Å². The number of hydrogen-bond donors (Lipinski definition) is 1. The van der Waals surface area contributed by atoms with Crippen LogP contribution in [0.3, 0.4) is 0 Å². The van der Waals surface area contributed by atoms with Gasteiger partial charge < -0.3 is 10.2 Å². The van der Waals surface area contributed by atoms with E-state index in [-0.39, 0.29) is 0 Å². The molecule has 2 saturated heterocycles. The third-order valence-electron chi connectivity index (χ3n) is 7.00. The van der Waals surface area contributed by atoms with Crippen molar-refractivity contribution in [3.63, 3.8) is 0 Å². The molecule has 2 fully saturated rings. The summed E-state index contributed by atoms with van der Waals surface area (Å²) in [5.74, 6) is 1.87. The second kappa shape index (κ2) is 9.74. The summed E-state index contributed by atoms with van der Waals surface area (Å²) in [5, 5.41) is 3.53. The minimum atomic E-state index is 0.490. The second-order valence-corrected chi connectivity index (χ2v) is 10.6. The highest BCUT2D eigenvalue weighted by Crippen LogP contribution is 2.46. The van der Waals surface area contributed by atoms with Gasteiger partial charge in [0.15, 0.2) is 0 Å². The molecule has 2 heterocycles.